The molecule has 0 spiro atoms. The van der Waals surface area contributed by atoms with Gasteiger partial charge in [0.05, 0.1) is 27.8 Å². The van der Waals surface area contributed by atoms with Crippen molar-refractivity contribution in [2.45, 2.75) is 25.8 Å². The lowest BCUT2D eigenvalue weighted by Gasteiger charge is -2.32. The summed E-state index contributed by atoms with van der Waals surface area (Å²) in [5, 5.41) is 8.63. The van der Waals surface area contributed by atoms with Gasteiger partial charge in [-0.3, -0.25) is 4.79 Å². The van der Waals surface area contributed by atoms with Crippen LogP contribution in [0.25, 0.3) is 0 Å². The molecule has 3 rings (SSSR count). The molecule has 7 heteroatoms. The van der Waals surface area contributed by atoms with E-state index in [1.165, 1.54) is 0 Å². The maximum atomic E-state index is 12.7. The van der Waals surface area contributed by atoms with E-state index < -0.39 is 0 Å². The van der Waals surface area contributed by atoms with Crippen molar-refractivity contribution in [3.05, 3.63) is 45.7 Å². The second-order valence-electron chi connectivity index (χ2n) is 5.49. The number of likely N-dealkylation sites (tertiary alicyclic amines) is 1. The van der Waals surface area contributed by atoms with Crippen LogP contribution in [0.1, 0.15) is 34.8 Å². The van der Waals surface area contributed by atoms with Crippen molar-refractivity contribution in [3.8, 4) is 0 Å². The highest BCUT2D eigenvalue weighted by Gasteiger charge is 2.27. The lowest BCUT2D eigenvalue weighted by atomic mass is 10.0. The van der Waals surface area contributed by atoms with Gasteiger partial charge >= 0.3 is 0 Å². The second-order valence-corrected chi connectivity index (χ2v) is 6.24. The summed E-state index contributed by atoms with van der Waals surface area (Å²) in [4.78, 5) is 14.5. The number of benzene rings is 1. The Labute approximate surface area is 138 Å². The summed E-state index contributed by atoms with van der Waals surface area (Å²) in [5.41, 5.74) is 1.32. The fourth-order valence-corrected chi connectivity index (χ4v) is 3.21. The fraction of sp³-hybridized carbons (Fsp3) is 0.400. The second kappa shape index (κ2) is 6.26. The molecule has 0 bridgehead atoms. The smallest absolute Gasteiger partial charge is 0.255 e. The zero-order valence-corrected chi connectivity index (χ0v) is 13.7. The van der Waals surface area contributed by atoms with E-state index in [0.717, 1.165) is 18.4 Å². The van der Waals surface area contributed by atoms with Gasteiger partial charge in [-0.15, -0.1) is 5.10 Å². The lowest BCUT2D eigenvalue weighted by molar-refractivity contribution is 0.0672. The van der Waals surface area contributed by atoms with E-state index in [2.05, 4.69) is 10.3 Å². The largest absolute Gasteiger partial charge is 0.336 e. The molecule has 2 aromatic rings. The molecule has 116 valence electrons. The van der Waals surface area contributed by atoms with Crippen LogP contribution in [0.5, 0.6) is 0 Å². The highest BCUT2D eigenvalue weighted by molar-refractivity contribution is 6.44. The molecule has 22 heavy (non-hydrogen) atoms. The number of piperidine rings is 1. The van der Waals surface area contributed by atoms with Crippen LogP contribution in [0.15, 0.2) is 24.5 Å². The molecule has 1 amide bonds. The Kier molecular flexibility index (Phi) is 4.36. The van der Waals surface area contributed by atoms with Crippen molar-refractivity contribution in [1.82, 2.24) is 19.9 Å². The summed E-state index contributed by atoms with van der Waals surface area (Å²) in [5.74, 6) is -0.0864. The normalized spacial score (nSPS) is 18.5. The molecular formula is C15H16Cl2N4O. The monoisotopic (exact) mass is 338 g/mol. The number of nitrogens with zero attached hydrogens (tertiary/aromatic N) is 4. The summed E-state index contributed by atoms with van der Waals surface area (Å²) in [6, 6.07) is 3.71. The summed E-state index contributed by atoms with van der Waals surface area (Å²) in [6.45, 7) is 3.18. The molecule has 1 aromatic carbocycles. The third-order valence-corrected chi connectivity index (χ3v) is 4.98. The molecule has 2 heterocycles. The maximum absolute atomic E-state index is 12.7. The zero-order valence-electron chi connectivity index (χ0n) is 12.2. The minimum absolute atomic E-state index is 0.0864. The molecule has 1 fully saturated rings. The number of carbonyl (C=O) groups is 1. The first-order chi connectivity index (χ1) is 10.6. The van der Waals surface area contributed by atoms with E-state index in [1.807, 2.05) is 28.8 Å². The summed E-state index contributed by atoms with van der Waals surface area (Å²) < 4.78 is 1.81. The molecule has 1 atom stereocenters. The first-order valence-corrected chi connectivity index (χ1v) is 7.93. The van der Waals surface area contributed by atoms with Crippen LogP contribution in [-0.2, 0) is 0 Å². The van der Waals surface area contributed by atoms with Gasteiger partial charge in [-0.25, -0.2) is 4.68 Å². The summed E-state index contributed by atoms with van der Waals surface area (Å²) >= 11 is 12.4. The Morgan fingerprint density at radius 2 is 2.14 bits per heavy atom. The number of aromatic nitrogens is 3. The molecule has 1 aromatic heterocycles. The minimum atomic E-state index is -0.0864. The Balaban J connectivity index is 1.82. The van der Waals surface area contributed by atoms with Crippen LogP contribution < -0.4 is 0 Å². The van der Waals surface area contributed by atoms with Crippen LogP contribution in [0.4, 0.5) is 0 Å². The first-order valence-electron chi connectivity index (χ1n) is 7.17. The standard InChI is InChI=1S/C15H16Cl2N4O/c1-10-4-5-12(14(17)13(10)16)15(22)20-7-2-3-11(9-20)21-8-6-18-19-21/h4-6,8,11H,2-3,7,9H2,1H3. The first kappa shape index (κ1) is 15.3. The van der Waals surface area contributed by atoms with Crippen LogP contribution in [0, 0.1) is 6.92 Å². The van der Waals surface area contributed by atoms with Crippen molar-refractivity contribution in [3.63, 3.8) is 0 Å². The number of hydrogen-bond acceptors (Lipinski definition) is 3. The number of amides is 1. The van der Waals surface area contributed by atoms with Crippen LogP contribution in [-0.4, -0.2) is 38.9 Å². The van der Waals surface area contributed by atoms with Gasteiger partial charge in [0.2, 0.25) is 0 Å². The van der Waals surface area contributed by atoms with Crippen LogP contribution in [0.2, 0.25) is 10.0 Å². The molecule has 1 aliphatic heterocycles. The molecule has 1 unspecified atom stereocenters. The fourth-order valence-electron chi connectivity index (χ4n) is 2.75. The van der Waals surface area contributed by atoms with Crippen molar-refractivity contribution in [2.24, 2.45) is 0 Å². The van der Waals surface area contributed by atoms with Gasteiger partial charge in [0.15, 0.2) is 0 Å². The average Bonchev–Trinajstić information content (AvgIpc) is 3.07. The number of carbonyl (C=O) groups excluding carboxylic acids is 1. The van der Waals surface area contributed by atoms with E-state index >= 15 is 0 Å². The highest BCUT2D eigenvalue weighted by atomic mass is 35.5. The Morgan fingerprint density at radius 1 is 1.32 bits per heavy atom. The molecule has 0 radical (unpaired) electrons. The third-order valence-electron chi connectivity index (χ3n) is 4.00. The topological polar surface area (TPSA) is 51.0 Å². The predicted molar refractivity (Wildman–Crippen MR) is 85.4 cm³/mol. The van der Waals surface area contributed by atoms with E-state index in [9.17, 15) is 4.79 Å². The SMILES string of the molecule is Cc1ccc(C(=O)N2CCCC(n3ccnn3)C2)c(Cl)c1Cl. The molecule has 1 saturated heterocycles. The molecule has 0 N–H and O–H groups in total. The number of rotatable bonds is 2. The number of aryl methyl sites for hydroxylation is 1. The number of halogens is 2. The summed E-state index contributed by atoms with van der Waals surface area (Å²) in [6.07, 6.45) is 5.38. The lowest BCUT2D eigenvalue weighted by Crippen LogP contribution is -2.41. The van der Waals surface area contributed by atoms with Gasteiger partial charge in [0.1, 0.15) is 0 Å². The van der Waals surface area contributed by atoms with Gasteiger partial charge in [0, 0.05) is 19.3 Å². The van der Waals surface area contributed by atoms with Crippen molar-refractivity contribution < 1.29 is 4.79 Å². The maximum Gasteiger partial charge on any atom is 0.255 e. The highest BCUT2D eigenvalue weighted by Crippen LogP contribution is 2.31. The zero-order chi connectivity index (χ0) is 15.7. The Bertz CT molecular complexity index is 687. The van der Waals surface area contributed by atoms with Gasteiger partial charge in [-0.05, 0) is 31.4 Å². The van der Waals surface area contributed by atoms with Gasteiger partial charge in [-0.1, -0.05) is 34.5 Å². The minimum Gasteiger partial charge on any atom is -0.336 e. The van der Waals surface area contributed by atoms with Gasteiger partial charge < -0.3 is 4.90 Å². The van der Waals surface area contributed by atoms with Crippen molar-refractivity contribution >= 4 is 29.1 Å². The van der Waals surface area contributed by atoms with Crippen molar-refractivity contribution in [2.75, 3.05) is 13.1 Å². The quantitative estimate of drug-likeness (QED) is 0.843. The van der Waals surface area contributed by atoms with E-state index in [0.29, 0.717) is 28.7 Å². The Hall–Kier alpha value is -1.59. The van der Waals surface area contributed by atoms with E-state index in [-0.39, 0.29) is 11.9 Å². The van der Waals surface area contributed by atoms with Gasteiger partial charge in [-0.2, -0.15) is 0 Å². The van der Waals surface area contributed by atoms with E-state index in [4.69, 9.17) is 23.2 Å². The van der Waals surface area contributed by atoms with Crippen molar-refractivity contribution in [1.29, 1.82) is 0 Å². The Morgan fingerprint density at radius 3 is 2.86 bits per heavy atom. The molecule has 0 saturated carbocycles. The molecular weight excluding hydrogens is 323 g/mol. The molecule has 5 nitrogen and oxygen atoms in total. The number of hydrogen-bond donors (Lipinski definition) is 0. The average molecular weight is 339 g/mol. The van der Waals surface area contributed by atoms with E-state index in [1.54, 1.807) is 12.3 Å². The predicted octanol–water partition coefficient (Wildman–Crippen LogP) is 3.37. The van der Waals surface area contributed by atoms with Crippen LogP contribution in [0.3, 0.4) is 0 Å². The van der Waals surface area contributed by atoms with Gasteiger partial charge in [0.25, 0.3) is 5.91 Å². The molecule has 1 aliphatic rings. The molecule has 0 aliphatic carbocycles. The van der Waals surface area contributed by atoms with Crippen LogP contribution >= 0.6 is 23.2 Å². The third kappa shape index (κ3) is 2.83. The summed E-state index contributed by atoms with van der Waals surface area (Å²) in [7, 11) is 0.